The fraction of sp³-hybridized carbons (Fsp3) is 0.409. The fourth-order valence-electron chi connectivity index (χ4n) is 3.64. The molecule has 0 aromatic heterocycles. The van der Waals surface area contributed by atoms with E-state index in [0.717, 1.165) is 30.4 Å². The second-order valence-corrected chi connectivity index (χ2v) is 9.32. The van der Waals surface area contributed by atoms with E-state index < -0.39 is 10.0 Å². The summed E-state index contributed by atoms with van der Waals surface area (Å²) >= 11 is 0. The third kappa shape index (κ3) is 4.62. The zero-order chi connectivity index (χ0) is 21.0. The van der Waals surface area contributed by atoms with E-state index in [1.54, 1.807) is 26.2 Å². The smallest absolute Gasteiger partial charge is 0.252 e. The molecule has 1 heterocycles. The average molecular weight is 417 g/mol. The SMILES string of the molecule is COc1ccccc1[C@@H](C)NC(=O)c1cc(S(=O)(=O)N2CCCCC2)ccc1C. The summed E-state index contributed by atoms with van der Waals surface area (Å²) in [6.45, 7) is 4.74. The number of rotatable bonds is 6. The van der Waals surface area contributed by atoms with Gasteiger partial charge in [-0.15, -0.1) is 0 Å². The Labute approximate surface area is 172 Å². The monoisotopic (exact) mass is 416 g/mol. The quantitative estimate of drug-likeness (QED) is 0.780. The number of nitrogens with one attached hydrogen (secondary N) is 1. The maximum absolute atomic E-state index is 13.0. The van der Waals surface area contributed by atoms with Crippen molar-refractivity contribution in [3.63, 3.8) is 0 Å². The second-order valence-electron chi connectivity index (χ2n) is 7.38. The maximum atomic E-state index is 13.0. The molecule has 0 unspecified atom stereocenters. The minimum Gasteiger partial charge on any atom is -0.496 e. The number of piperidine rings is 1. The molecule has 3 rings (SSSR count). The number of carbonyl (C=O) groups is 1. The number of ether oxygens (including phenoxy) is 1. The first-order valence-electron chi connectivity index (χ1n) is 9.89. The van der Waals surface area contributed by atoms with E-state index >= 15 is 0 Å². The van der Waals surface area contributed by atoms with E-state index in [1.807, 2.05) is 31.2 Å². The average Bonchev–Trinajstić information content (AvgIpc) is 2.74. The van der Waals surface area contributed by atoms with Crippen LogP contribution in [0.1, 0.15) is 53.7 Å². The summed E-state index contributed by atoms with van der Waals surface area (Å²) in [5.74, 6) is 0.384. The molecule has 0 radical (unpaired) electrons. The molecule has 0 aliphatic carbocycles. The van der Waals surface area contributed by atoms with Crippen molar-refractivity contribution in [3.8, 4) is 5.75 Å². The summed E-state index contributed by atoms with van der Waals surface area (Å²) in [6, 6.07) is 12.0. The first-order valence-corrected chi connectivity index (χ1v) is 11.3. The first-order chi connectivity index (χ1) is 13.8. The van der Waals surface area contributed by atoms with Crippen molar-refractivity contribution in [2.75, 3.05) is 20.2 Å². The molecule has 1 saturated heterocycles. The van der Waals surface area contributed by atoms with Crippen LogP contribution in [0.5, 0.6) is 5.75 Å². The summed E-state index contributed by atoms with van der Waals surface area (Å²) in [5, 5.41) is 2.96. The number of benzene rings is 2. The van der Waals surface area contributed by atoms with Gasteiger partial charge in [0.05, 0.1) is 18.0 Å². The highest BCUT2D eigenvalue weighted by Crippen LogP contribution is 2.26. The molecule has 1 amide bonds. The van der Waals surface area contributed by atoms with Crippen LogP contribution in [-0.2, 0) is 10.0 Å². The number of sulfonamides is 1. The molecule has 29 heavy (non-hydrogen) atoms. The van der Waals surface area contributed by atoms with Gasteiger partial charge in [-0.2, -0.15) is 4.31 Å². The van der Waals surface area contributed by atoms with E-state index in [1.165, 1.54) is 10.4 Å². The molecule has 2 aromatic carbocycles. The van der Waals surface area contributed by atoms with Crippen molar-refractivity contribution in [3.05, 3.63) is 59.2 Å². The zero-order valence-corrected chi connectivity index (χ0v) is 18.0. The molecular weight excluding hydrogens is 388 g/mol. The van der Waals surface area contributed by atoms with E-state index in [4.69, 9.17) is 4.74 Å². The Bertz CT molecular complexity index is 982. The van der Waals surface area contributed by atoms with Crippen molar-refractivity contribution in [2.24, 2.45) is 0 Å². The Morgan fingerprint density at radius 2 is 1.79 bits per heavy atom. The predicted octanol–water partition coefficient (Wildman–Crippen LogP) is 3.67. The lowest BCUT2D eigenvalue weighted by Crippen LogP contribution is -2.35. The van der Waals surface area contributed by atoms with Gasteiger partial charge in [-0.3, -0.25) is 4.79 Å². The van der Waals surface area contributed by atoms with Gasteiger partial charge < -0.3 is 10.1 Å². The van der Waals surface area contributed by atoms with Crippen molar-refractivity contribution in [1.82, 2.24) is 9.62 Å². The van der Waals surface area contributed by atoms with Gasteiger partial charge in [0.1, 0.15) is 5.75 Å². The van der Waals surface area contributed by atoms with Gasteiger partial charge in [-0.05, 0) is 50.5 Å². The Kier molecular flexibility index (Phi) is 6.59. The molecule has 0 saturated carbocycles. The van der Waals surface area contributed by atoms with E-state index in [-0.39, 0.29) is 16.8 Å². The molecule has 156 valence electrons. The zero-order valence-electron chi connectivity index (χ0n) is 17.1. The highest BCUT2D eigenvalue weighted by atomic mass is 32.2. The van der Waals surface area contributed by atoms with Crippen LogP contribution in [0.2, 0.25) is 0 Å². The number of nitrogens with zero attached hydrogens (tertiary/aromatic N) is 1. The Balaban J connectivity index is 1.85. The third-order valence-corrected chi connectivity index (χ3v) is 7.25. The lowest BCUT2D eigenvalue weighted by atomic mass is 10.0. The van der Waals surface area contributed by atoms with Crippen LogP contribution in [0.3, 0.4) is 0 Å². The van der Waals surface area contributed by atoms with Crippen molar-refractivity contribution in [1.29, 1.82) is 0 Å². The van der Waals surface area contributed by atoms with Crippen LogP contribution in [-0.4, -0.2) is 38.8 Å². The molecule has 1 aliphatic rings. The largest absolute Gasteiger partial charge is 0.496 e. The van der Waals surface area contributed by atoms with Gasteiger partial charge in [0.2, 0.25) is 10.0 Å². The lowest BCUT2D eigenvalue weighted by molar-refractivity contribution is 0.0938. The molecule has 1 fully saturated rings. The predicted molar refractivity (Wildman–Crippen MR) is 113 cm³/mol. The summed E-state index contributed by atoms with van der Waals surface area (Å²) in [6.07, 6.45) is 2.79. The standard InChI is InChI=1S/C22H28N2O4S/c1-16-11-12-18(29(26,27)24-13-7-4-8-14-24)15-20(16)22(25)23-17(2)19-9-5-6-10-21(19)28-3/h5-6,9-12,15,17H,4,7-8,13-14H2,1-3H3,(H,23,25)/t17-/m1/s1. The van der Waals surface area contributed by atoms with Gasteiger partial charge in [0.25, 0.3) is 5.91 Å². The second kappa shape index (κ2) is 8.97. The molecular formula is C22H28N2O4S. The van der Waals surface area contributed by atoms with Crippen molar-refractivity contribution in [2.45, 2.75) is 44.0 Å². The van der Waals surface area contributed by atoms with Gasteiger partial charge >= 0.3 is 0 Å². The minimum absolute atomic E-state index is 0.167. The Morgan fingerprint density at radius 1 is 1.10 bits per heavy atom. The minimum atomic E-state index is -3.59. The van der Waals surface area contributed by atoms with Crippen LogP contribution < -0.4 is 10.1 Å². The number of hydrogen-bond acceptors (Lipinski definition) is 4. The fourth-order valence-corrected chi connectivity index (χ4v) is 5.18. The van der Waals surface area contributed by atoms with Crippen LogP contribution >= 0.6 is 0 Å². The van der Waals surface area contributed by atoms with Gasteiger partial charge in [-0.1, -0.05) is 30.7 Å². The molecule has 1 N–H and O–H groups in total. The molecule has 6 nitrogen and oxygen atoms in total. The molecule has 1 aliphatic heterocycles. The number of hydrogen-bond donors (Lipinski definition) is 1. The third-order valence-electron chi connectivity index (χ3n) is 5.36. The lowest BCUT2D eigenvalue weighted by Gasteiger charge is -2.26. The molecule has 7 heteroatoms. The topological polar surface area (TPSA) is 75.7 Å². The number of para-hydroxylation sites is 1. The number of aryl methyl sites for hydroxylation is 1. The summed E-state index contributed by atoms with van der Waals surface area (Å²) in [7, 11) is -2.00. The van der Waals surface area contributed by atoms with Crippen LogP contribution in [0.4, 0.5) is 0 Å². The van der Waals surface area contributed by atoms with Crippen LogP contribution in [0.25, 0.3) is 0 Å². The molecule has 0 spiro atoms. The normalized spacial score (nSPS) is 16.2. The highest BCUT2D eigenvalue weighted by molar-refractivity contribution is 7.89. The van der Waals surface area contributed by atoms with Crippen molar-refractivity contribution >= 4 is 15.9 Å². The highest BCUT2D eigenvalue weighted by Gasteiger charge is 2.27. The van der Waals surface area contributed by atoms with Crippen LogP contribution in [0.15, 0.2) is 47.4 Å². The van der Waals surface area contributed by atoms with E-state index in [9.17, 15) is 13.2 Å². The molecule has 1 atom stereocenters. The van der Waals surface area contributed by atoms with Gasteiger partial charge in [0, 0.05) is 24.2 Å². The maximum Gasteiger partial charge on any atom is 0.252 e. The summed E-state index contributed by atoms with van der Waals surface area (Å²) < 4.78 is 32.8. The summed E-state index contributed by atoms with van der Waals surface area (Å²) in [4.78, 5) is 13.1. The molecule has 2 aromatic rings. The number of carbonyl (C=O) groups excluding carboxylic acids is 1. The van der Waals surface area contributed by atoms with E-state index in [0.29, 0.717) is 24.4 Å². The van der Waals surface area contributed by atoms with Gasteiger partial charge in [-0.25, -0.2) is 8.42 Å². The van der Waals surface area contributed by atoms with Gasteiger partial charge in [0.15, 0.2) is 0 Å². The summed E-state index contributed by atoms with van der Waals surface area (Å²) in [5.41, 5.74) is 1.95. The first kappa shape index (κ1) is 21.3. The van der Waals surface area contributed by atoms with Crippen LogP contribution in [0, 0.1) is 6.92 Å². The van der Waals surface area contributed by atoms with Crippen molar-refractivity contribution < 1.29 is 17.9 Å². The molecule has 0 bridgehead atoms. The van der Waals surface area contributed by atoms with E-state index in [2.05, 4.69) is 5.32 Å². The number of amides is 1. The number of methoxy groups -OCH3 is 1. The Hall–Kier alpha value is -2.38. The Morgan fingerprint density at radius 3 is 2.48 bits per heavy atom.